The highest BCUT2D eigenvalue weighted by molar-refractivity contribution is 5.96. The molecular formula is C17H17F3N2O3. The lowest BCUT2D eigenvalue weighted by Gasteiger charge is -2.30. The van der Waals surface area contributed by atoms with Crippen molar-refractivity contribution in [1.29, 1.82) is 0 Å². The Kier molecular flexibility index (Phi) is 4.69. The summed E-state index contributed by atoms with van der Waals surface area (Å²) in [6.07, 6.45) is -3.76. The molecule has 2 aromatic rings. The minimum absolute atomic E-state index is 0.223. The van der Waals surface area contributed by atoms with E-state index < -0.39 is 24.5 Å². The first-order valence-electron chi connectivity index (χ1n) is 7.96. The van der Waals surface area contributed by atoms with Crippen molar-refractivity contribution in [2.45, 2.75) is 19.0 Å². The van der Waals surface area contributed by atoms with Crippen molar-refractivity contribution in [3.05, 3.63) is 36.1 Å². The molecule has 2 heterocycles. The Labute approximate surface area is 141 Å². The molecule has 0 saturated carbocycles. The number of likely N-dealkylation sites (tertiary alicyclic amines) is 1. The molecule has 1 N–H and O–H groups in total. The summed E-state index contributed by atoms with van der Waals surface area (Å²) < 4.78 is 42.0. The van der Waals surface area contributed by atoms with Crippen molar-refractivity contribution < 1.29 is 27.2 Å². The second-order valence-corrected chi connectivity index (χ2v) is 6.05. The van der Waals surface area contributed by atoms with Crippen LogP contribution in [0.25, 0.3) is 11.0 Å². The number of hydrogen-bond acceptors (Lipinski definition) is 3. The first kappa shape index (κ1) is 17.3. The average Bonchev–Trinajstić information content (AvgIpc) is 3.02. The summed E-state index contributed by atoms with van der Waals surface area (Å²) in [7, 11) is 0. The number of furan rings is 1. The Bertz CT molecular complexity index is 744. The first-order valence-corrected chi connectivity index (χ1v) is 7.96. The molecule has 1 aromatic carbocycles. The lowest BCUT2D eigenvalue weighted by Crippen LogP contribution is -2.44. The van der Waals surface area contributed by atoms with Gasteiger partial charge in [-0.2, -0.15) is 13.2 Å². The predicted molar refractivity (Wildman–Crippen MR) is 83.9 cm³/mol. The molecule has 0 spiro atoms. The SMILES string of the molecule is O=C(NCC(F)(F)F)C1CCN(C(=O)c2cc3ccccc3o2)CC1. The van der Waals surface area contributed by atoms with E-state index in [0.29, 0.717) is 31.5 Å². The zero-order valence-electron chi connectivity index (χ0n) is 13.3. The van der Waals surface area contributed by atoms with Crippen LogP contribution in [0.2, 0.25) is 0 Å². The van der Waals surface area contributed by atoms with E-state index in [9.17, 15) is 22.8 Å². The zero-order chi connectivity index (χ0) is 18.0. The van der Waals surface area contributed by atoms with Crippen molar-refractivity contribution in [1.82, 2.24) is 10.2 Å². The molecule has 0 unspecified atom stereocenters. The van der Waals surface area contributed by atoms with Crippen LogP contribution in [-0.2, 0) is 4.79 Å². The zero-order valence-corrected chi connectivity index (χ0v) is 13.3. The number of benzene rings is 1. The van der Waals surface area contributed by atoms with E-state index in [2.05, 4.69) is 0 Å². The Hall–Kier alpha value is -2.51. The molecule has 1 aliphatic rings. The lowest BCUT2D eigenvalue weighted by atomic mass is 9.95. The molecule has 2 amide bonds. The van der Waals surface area contributed by atoms with Gasteiger partial charge in [0.1, 0.15) is 12.1 Å². The number of para-hydroxylation sites is 1. The third-order valence-corrected chi connectivity index (χ3v) is 4.25. The topological polar surface area (TPSA) is 62.6 Å². The summed E-state index contributed by atoms with van der Waals surface area (Å²) in [5, 5.41) is 2.73. The van der Waals surface area contributed by atoms with Crippen molar-refractivity contribution in [3.8, 4) is 0 Å². The Morgan fingerprint density at radius 1 is 1.20 bits per heavy atom. The molecule has 1 aliphatic heterocycles. The fraction of sp³-hybridized carbons (Fsp3) is 0.412. The van der Waals surface area contributed by atoms with Crippen LogP contribution in [0, 0.1) is 5.92 Å². The standard InChI is InChI=1S/C17H17F3N2O3/c18-17(19,20)10-21-15(23)11-5-7-22(8-6-11)16(24)14-9-12-3-1-2-4-13(12)25-14/h1-4,9,11H,5-8,10H2,(H,21,23). The molecule has 3 rings (SSSR count). The molecule has 25 heavy (non-hydrogen) atoms. The van der Waals surface area contributed by atoms with Crippen molar-refractivity contribution in [2.75, 3.05) is 19.6 Å². The normalized spacial score (nSPS) is 16.2. The largest absolute Gasteiger partial charge is 0.451 e. The van der Waals surface area contributed by atoms with Gasteiger partial charge in [-0.05, 0) is 25.0 Å². The van der Waals surface area contributed by atoms with Gasteiger partial charge >= 0.3 is 6.18 Å². The van der Waals surface area contributed by atoms with Gasteiger partial charge in [-0.3, -0.25) is 9.59 Å². The van der Waals surface area contributed by atoms with Gasteiger partial charge in [0.2, 0.25) is 5.91 Å². The van der Waals surface area contributed by atoms with Crippen LogP contribution in [-0.4, -0.2) is 42.5 Å². The van der Waals surface area contributed by atoms with Crippen LogP contribution >= 0.6 is 0 Å². The van der Waals surface area contributed by atoms with Gasteiger partial charge in [0.15, 0.2) is 5.76 Å². The molecule has 5 nitrogen and oxygen atoms in total. The summed E-state index contributed by atoms with van der Waals surface area (Å²) in [6.45, 7) is -0.718. The first-order chi connectivity index (χ1) is 11.8. The maximum absolute atomic E-state index is 12.5. The van der Waals surface area contributed by atoms with Gasteiger partial charge in [-0.1, -0.05) is 18.2 Å². The summed E-state index contributed by atoms with van der Waals surface area (Å²) in [4.78, 5) is 25.8. The van der Waals surface area contributed by atoms with E-state index in [1.807, 2.05) is 23.5 Å². The molecule has 1 aromatic heterocycles. The van der Waals surface area contributed by atoms with Crippen molar-refractivity contribution in [3.63, 3.8) is 0 Å². The minimum Gasteiger partial charge on any atom is -0.451 e. The molecule has 134 valence electrons. The van der Waals surface area contributed by atoms with E-state index in [1.165, 1.54) is 0 Å². The summed E-state index contributed by atoms with van der Waals surface area (Å²) in [5.74, 6) is -1.18. The fourth-order valence-electron chi connectivity index (χ4n) is 2.92. The van der Waals surface area contributed by atoms with Gasteiger partial charge in [0.25, 0.3) is 5.91 Å². The number of fused-ring (bicyclic) bond motifs is 1. The highest BCUT2D eigenvalue weighted by Crippen LogP contribution is 2.23. The second kappa shape index (κ2) is 6.78. The number of alkyl halides is 3. The number of nitrogens with one attached hydrogen (secondary N) is 1. The number of rotatable bonds is 3. The van der Waals surface area contributed by atoms with Crippen LogP contribution in [0.1, 0.15) is 23.4 Å². The molecule has 0 aliphatic carbocycles. The molecule has 0 atom stereocenters. The van der Waals surface area contributed by atoms with Crippen LogP contribution < -0.4 is 5.32 Å². The van der Waals surface area contributed by atoms with Gasteiger partial charge < -0.3 is 14.6 Å². The minimum atomic E-state index is -4.42. The number of carbonyl (C=O) groups is 2. The van der Waals surface area contributed by atoms with Crippen LogP contribution in [0.5, 0.6) is 0 Å². The van der Waals surface area contributed by atoms with Crippen LogP contribution in [0.15, 0.2) is 34.7 Å². The number of piperidine rings is 1. The molecule has 0 bridgehead atoms. The predicted octanol–water partition coefficient (Wildman–Crippen LogP) is 2.96. The summed E-state index contributed by atoms with van der Waals surface area (Å²) in [5.41, 5.74) is 0.618. The molecule has 1 fully saturated rings. The van der Waals surface area contributed by atoms with E-state index >= 15 is 0 Å². The number of nitrogens with zero attached hydrogens (tertiary/aromatic N) is 1. The Morgan fingerprint density at radius 2 is 1.88 bits per heavy atom. The highest BCUT2D eigenvalue weighted by atomic mass is 19.4. The highest BCUT2D eigenvalue weighted by Gasteiger charge is 2.32. The monoisotopic (exact) mass is 354 g/mol. The molecule has 8 heteroatoms. The third-order valence-electron chi connectivity index (χ3n) is 4.25. The average molecular weight is 354 g/mol. The van der Waals surface area contributed by atoms with Crippen LogP contribution in [0.3, 0.4) is 0 Å². The van der Waals surface area contributed by atoms with Gasteiger partial charge in [-0.15, -0.1) is 0 Å². The smallest absolute Gasteiger partial charge is 0.405 e. The fourth-order valence-corrected chi connectivity index (χ4v) is 2.92. The van der Waals surface area contributed by atoms with Gasteiger partial charge in [-0.25, -0.2) is 0 Å². The summed E-state index contributed by atoms with van der Waals surface area (Å²) in [6, 6.07) is 8.93. The third kappa shape index (κ3) is 4.12. The molecular weight excluding hydrogens is 337 g/mol. The van der Waals surface area contributed by atoms with E-state index in [4.69, 9.17) is 4.42 Å². The molecule has 0 radical (unpaired) electrons. The van der Waals surface area contributed by atoms with E-state index in [0.717, 1.165) is 5.39 Å². The Balaban J connectivity index is 1.56. The van der Waals surface area contributed by atoms with Crippen molar-refractivity contribution >= 4 is 22.8 Å². The van der Waals surface area contributed by atoms with E-state index in [1.54, 1.807) is 17.0 Å². The van der Waals surface area contributed by atoms with Gasteiger partial charge in [0.05, 0.1) is 0 Å². The summed E-state index contributed by atoms with van der Waals surface area (Å²) >= 11 is 0. The lowest BCUT2D eigenvalue weighted by molar-refractivity contribution is -0.141. The number of hydrogen-bond donors (Lipinski definition) is 1. The number of amides is 2. The maximum Gasteiger partial charge on any atom is 0.405 e. The number of carbonyl (C=O) groups excluding carboxylic acids is 2. The maximum atomic E-state index is 12.5. The van der Waals surface area contributed by atoms with E-state index in [-0.39, 0.29) is 11.7 Å². The Morgan fingerprint density at radius 3 is 2.52 bits per heavy atom. The quantitative estimate of drug-likeness (QED) is 0.922. The number of halogens is 3. The second-order valence-electron chi connectivity index (χ2n) is 6.05. The van der Waals surface area contributed by atoms with Crippen molar-refractivity contribution in [2.24, 2.45) is 5.92 Å². The molecule has 1 saturated heterocycles. The van der Waals surface area contributed by atoms with Gasteiger partial charge in [0, 0.05) is 24.4 Å². The van der Waals surface area contributed by atoms with Crippen LogP contribution in [0.4, 0.5) is 13.2 Å².